The Labute approximate surface area is 373 Å². The van der Waals surface area contributed by atoms with E-state index in [2.05, 4.69) is 77.8 Å². The van der Waals surface area contributed by atoms with Crippen LogP contribution >= 0.6 is 0 Å². The number of carbonyl (C=O) groups excluding carboxylic acids is 4. The molecule has 6 aliphatic rings. The molecule has 5 aliphatic heterocycles. The van der Waals surface area contributed by atoms with Crippen molar-refractivity contribution in [3.63, 3.8) is 0 Å². The molecule has 4 fully saturated rings. The van der Waals surface area contributed by atoms with E-state index in [-0.39, 0.29) is 35.6 Å². The Morgan fingerprint density at radius 1 is 0.734 bits per heavy atom. The van der Waals surface area contributed by atoms with Gasteiger partial charge in [0.05, 0.1) is 5.54 Å². The van der Waals surface area contributed by atoms with Gasteiger partial charge >= 0.3 is 0 Å². The van der Waals surface area contributed by atoms with Gasteiger partial charge in [-0.1, -0.05) is 61.7 Å². The number of fused-ring (bicyclic) bond motifs is 5. The lowest BCUT2D eigenvalue weighted by molar-refractivity contribution is -0.136. The van der Waals surface area contributed by atoms with Crippen molar-refractivity contribution >= 4 is 46.4 Å². The number of nitrogens with zero attached hydrogens (tertiary/aromatic N) is 7. The molecule has 14 heteroatoms. The van der Waals surface area contributed by atoms with Crippen LogP contribution in [-0.2, 0) is 34.8 Å². The van der Waals surface area contributed by atoms with E-state index in [0.717, 1.165) is 107 Å². The number of hydrogen-bond donors (Lipinski definition) is 3. The molecule has 64 heavy (non-hydrogen) atoms. The maximum atomic E-state index is 13.2. The molecule has 8 heterocycles. The molecule has 11 rings (SSSR count). The van der Waals surface area contributed by atoms with Gasteiger partial charge in [0.15, 0.2) is 0 Å². The van der Waals surface area contributed by atoms with Crippen LogP contribution in [0.25, 0.3) is 11.0 Å². The molecular weight excluding hydrogens is 805 g/mol. The van der Waals surface area contributed by atoms with Crippen LogP contribution < -0.4 is 16.0 Å². The van der Waals surface area contributed by atoms with E-state index in [0.29, 0.717) is 54.4 Å². The van der Waals surface area contributed by atoms with Crippen LogP contribution in [0.4, 0.5) is 11.8 Å². The second-order valence-corrected chi connectivity index (χ2v) is 19.1. The van der Waals surface area contributed by atoms with Gasteiger partial charge in [-0.3, -0.25) is 34.3 Å². The summed E-state index contributed by atoms with van der Waals surface area (Å²) in [7, 11) is 0. The highest BCUT2D eigenvalue weighted by atomic mass is 16.2. The van der Waals surface area contributed by atoms with E-state index in [1.54, 1.807) is 4.90 Å². The standard InChI is InChI=1S/C50H56N10O4/c61-44-13-11-41(47(63)55-44)59-30-39-24-36(8-10-40(39)48(59)64)34-14-20-57(21-15-34)28-32-4-6-33(7-5-32)29-58-22-16-35(17-23-58)37-9-12-43(51-26-37)54-49-52-27-38-25-42-46(62)53-31-50(18-2-1-3-19-50)60(42)45(38)56-49/h4-10,12,24-27,34-35,41H,1-3,11,13-23,28-31H2,(H,53,62)(H,55,61,63)(H,51,52,54,56). The lowest BCUT2D eigenvalue weighted by atomic mass is 9.80. The summed E-state index contributed by atoms with van der Waals surface area (Å²) >= 11 is 0. The molecule has 3 aromatic heterocycles. The number of carbonyl (C=O) groups is 4. The Morgan fingerprint density at radius 3 is 2.09 bits per heavy atom. The fourth-order valence-electron chi connectivity index (χ4n) is 11.5. The first-order valence-corrected chi connectivity index (χ1v) is 23.5. The zero-order valence-corrected chi connectivity index (χ0v) is 36.4. The van der Waals surface area contributed by atoms with Crippen LogP contribution in [0, 0.1) is 0 Å². The number of imide groups is 1. The minimum atomic E-state index is -0.584. The van der Waals surface area contributed by atoms with E-state index in [1.807, 2.05) is 30.6 Å². The van der Waals surface area contributed by atoms with Gasteiger partial charge in [0.2, 0.25) is 17.8 Å². The molecule has 2 aromatic carbocycles. The first-order valence-electron chi connectivity index (χ1n) is 23.5. The second kappa shape index (κ2) is 16.9. The fraction of sp³-hybridized carbons (Fsp3) is 0.460. The van der Waals surface area contributed by atoms with Crippen LogP contribution in [0.3, 0.4) is 0 Å². The molecule has 330 valence electrons. The molecule has 0 bridgehead atoms. The fourth-order valence-corrected chi connectivity index (χ4v) is 11.5. The predicted molar refractivity (Wildman–Crippen MR) is 242 cm³/mol. The number of benzene rings is 2. The number of amides is 4. The van der Waals surface area contributed by atoms with E-state index >= 15 is 0 Å². The highest BCUT2D eigenvalue weighted by Crippen LogP contribution is 2.41. The van der Waals surface area contributed by atoms with Crippen LogP contribution in [-0.4, -0.2) is 96.6 Å². The van der Waals surface area contributed by atoms with E-state index in [9.17, 15) is 19.2 Å². The number of piperidine rings is 3. The van der Waals surface area contributed by atoms with Crippen molar-refractivity contribution in [2.45, 2.75) is 114 Å². The molecule has 1 atom stereocenters. The lowest BCUT2D eigenvalue weighted by Gasteiger charge is -2.42. The molecule has 3 saturated heterocycles. The van der Waals surface area contributed by atoms with Crippen LogP contribution in [0.2, 0.25) is 0 Å². The number of nitrogens with one attached hydrogen (secondary N) is 3. The molecule has 1 saturated carbocycles. The minimum absolute atomic E-state index is 0.0402. The topological polar surface area (TPSA) is 158 Å². The highest BCUT2D eigenvalue weighted by Gasteiger charge is 2.42. The first kappa shape index (κ1) is 40.8. The average Bonchev–Trinajstić information content (AvgIpc) is 3.87. The quantitative estimate of drug-likeness (QED) is 0.140. The molecule has 1 unspecified atom stereocenters. The summed E-state index contributed by atoms with van der Waals surface area (Å²) in [6.45, 7) is 7.12. The predicted octanol–water partition coefficient (Wildman–Crippen LogP) is 6.49. The van der Waals surface area contributed by atoms with Gasteiger partial charge in [0.1, 0.15) is 23.2 Å². The number of likely N-dealkylation sites (tertiary alicyclic amines) is 2. The first-order chi connectivity index (χ1) is 31.2. The van der Waals surface area contributed by atoms with Gasteiger partial charge in [-0.25, -0.2) is 9.97 Å². The van der Waals surface area contributed by atoms with Gasteiger partial charge in [-0.15, -0.1) is 0 Å². The molecule has 3 N–H and O–H groups in total. The van der Waals surface area contributed by atoms with E-state index < -0.39 is 6.04 Å². The monoisotopic (exact) mass is 860 g/mol. The van der Waals surface area contributed by atoms with Crippen molar-refractivity contribution in [2.24, 2.45) is 0 Å². The van der Waals surface area contributed by atoms with Crippen LogP contribution in [0.1, 0.15) is 131 Å². The zero-order valence-electron chi connectivity index (χ0n) is 36.4. The van der Waals surface area contributed by atoms with Crippen molar-refractivity contribution < 1.29 is 19.2 Å². The Balaban J connectivity index is 0.638. The summed E-state index contributed by atoms with van der Waals surface area (Å²) in [5.41, 5.74) is 8.27. The molecule has 1 spiro atoms. The summed E-state index contributed by atoms with van der Waals surface area (Å²) in [5.74, 6) is 1.33. The smallest absolute Gasteiger partial charge is 0.268 e. The summed E-state index contributed by atoms with van der Waals surface area (Å²) in [5, 5.41) is 9.74. The van der Waals surface area contributed by atoms with Crippen molar-refractivity contribution in [3.05, 3.63) is 112 Å². The third-order valence-corrected chi connectivity index (χ3v) is 15.1. The lowest BCUT2D eigenvalue weighted by Crippen LogP contribution is -2.52. The Hall–Kier alpha value is -5.99. The van der Waals surface area contributed by atoms with Crippen LogP contribution in [0.5, 0.6) is 0 Å². The number of hydrogen-bond acceptors (Lipinski definition) is 10. The SMILES string of the molecule is O=C1CCC(N2Cc3cc(C4CCN(Cc5ccc(CN6CCC(c7ccc(Nc8ncc9cc%10n(c9n8)C8(CCCCC8)CNC%10=O)nc7)CC6)cc5)CC4)ccc3C2=O)C(=O)N1. The summed E-state index contributed by atoms with van der Waals surface area (Å²) in [6, 6.07) is 21.0. The van der Waals surface area contributed by atoms with Gasteiger partial charge in [0.25, 0.3) is 11.8 Å². The van der Waals surface area contributed by atoms with Gasteiger partial charge in [-0.05, 0) is 129 Å². The highest BCUT2D eigenvalue weighted by molar-refractivity contribution is 6.05. The van der Waals surface area contributed by atoms with Gasteiger partial charge < -0.3 is 20.1 Å². The van der Waals surface area contributed by atoms with Gasteiger partial charge in [0, 0.05) is 55.9 Å². The largest absolute Gasteiger partial charge is 0.348 e. The second-order valence-electron chi connectivity index (χ2n) is 19.1. The molecule has 14 nitrogen and oxygen atoms in total. The molecule has 0 radical (unpaired) electrons. The van der Waals surface area contributed by atoms with Crippen LogP contribution in [0.15, 0.2) is 73.1 Å². The van der Waals surface area contributed by atoms with E-state index in [1.165, 1.54) is 28.7 Å². The minimum Gasteiger partial charge on any atom is -0.348 e. The van der Waals surface area contributed by atoms with Crippen molar-refractivity contribution in [3.8, 4) is 0 Å². The third kappa shape index (κ3) is 7.84. The third-order valence-electron chi connectivity index (χ3n) is 15.1. The van der Waals surface area contributed by atoms with Crippen molar-refractivity contribution in [1.29, 1.82) is 0 Å². The number of anilines is 2. The Bertz CT molecular complexity index is 2600. The number of aromatic nitrogens is 4. The molecule has 5 aromatic rings. The maximum absolute atomic E-state index is 13.2. The molecular formula is C50H56N10O4. The normalized spacial score (nSPS) is 22.1. The zero-order chi connectivity index (χ0) is 43.4. The average molecular weight is 861 g/mol. The van der Waals surface area contributed by atoms with Crippen molar-refractivity contribution in [1.82, 2.24) is 44.9 Å². The number of rotatable bonds is 9. The van der Waals surface area contributed by atoms with E-state index in [4.69, 9.17) is 9.97 Å². The summed E-state index contributed by atoms with van der Waals surface area (Å²) in [4.78, 5) is 71.2. The summed E-state index contributed by atoms with van der Waals surface area (Å²) in [6.07, 6.45) is 14.4. The molecule has 1 aliphatic carbocycles. The maximum Gasteiger partial charge on any atom is 0.268 e. The Morgan fingerprint density at radius 2 is 1.42 bits per heavy atom. The van der Waals surface area contributed by atoms with Crippen molar-refractivity contribution in [2.75, 3.05) is 38.0 Å². The molecule has 4 amide bonds. The summed E-state index contributed by atoms with van der Waals surface area (Å²) < 4.78 is 2.20. The Kier molecular flexibility index (Phi) is 10.7. The van der Waals surface area contributed by atoms with Gasteiger partial charge in [-0.2, -0.15) is 4.98 Å². The number of pyridine rings is 1.